The largest absolute Gasteiger partial charge is 0.497 e. The zero-order chi connectivity index (χ0) is 15.9. The minimum atomic E-state index is -0.453. The summed E-state index contributed by atoms with van der Waals surface area (Å²) < 4.78 is 11.0. The zero-order valence-corrected chi connectivity index (χ0v) is 13.4. The van der Waals surface area contributed by atoms with Crippen molar-refractivity contribution in [3.05, 3.63) is 58.0 Å². The van der Waals surface area contributed by atoms with Crippen LogP contribution in [0.4, 0.5) is 0 Å². The number of nitrogens with one attached hydrogen (secondary N) is 1. The van der Waals surface area contributed by atoms with Crippen LogP contribution in [0.2, 0.25) is 0 Å². The van der Waals surface area contributed by atoms with Crippen LogP contribution in [0.1, 0.15) is 11.3 Å². The molecule has 5 nitrogen and oxygen atoms in total. The Labute approximate surface area is 136 Å². The number of furan rings is 1. The van der Waals surface area contributed by atoms with Gasteiger partial charge in [-0.25, -0.2) is 0 Å². The molecule has 0 atom stereocenters. The van der Waals surface area contributed by atoms with Crippen LogP contribution in [-0.4, -0.2) is 13.0 Å². The Morgan fingerprint density at radius 1 is 1.45 bits per heavy atom. The Hall–Kier alpha value is -2.52. The summed E-state index contributed by atoms with van der Waals surface area (Å²) in [6, 6.07) is 10.9. The predicted molar refractivity (Wildman–Crippen MR) is 84.8 cm³/mol. The van der Waals surface area contributed by atoms with Gasteiger partial charge in [0.05, 0.1) is 11.6 Å². The third-order valence-corrected chi connectivity index (χ3v) is 3.27. The number of carbonyl (C=O) groups is 1. The van der Waals surface area contributed by atoms with Crippen molar-refractivity contribution < 1.29 is 13.9 Å². The average Bonchev–Trinajstić information content (AvgIpc) is 2.96. The highest BCUT2D eigenvalue weighted by Gasteiger charge is 2.10. The second-order valence-electron chi connectivity index (χ2n) is 4.37. The molecule has 0 unspecified atom stereocenters. The molecule has 1 N–H and O–H groups in total. The van der Waals surface area contributed by atoms with Crippen molar-refractivity contribution in [2.45, 2.75) is 6.54 Å². The van der Waals surface area contributed by atoms with Crippen molar-refractivity contribution in [3.8, 4) is 11.8 Å². The molecule has 0 aliphatic heterocycles. The molecule has 1 aromatic carbocycles. The number of amides is 1. The van der Waals surface area contributed by atoms with Gasteiger partial charge in [-0.3, -0.25) is 4.79 Å². The molecule has 0 spiro atoms. The molecule has 0 radical (unpaired) electrons. The van der Waals surface area contributed by atoms with Crippen LogP contribution in [0.5, 0.6) is 5.75 Å². The van der Waals surface area contributed by atoms with E-state index >= 15 is 0 Å². The predicted octanol–water partition coefficient (Wildman–Crippen LogP) is 3.27. The van der Waals surface area contributed by atoms with Gasteiger partial charge in [-0.1, -0.05) is 12.1 Å². The summed E-state index contributed by atoms with van der Waals surface area (Å²) in [6.07, 6.45) is 2.88. The van der Waals surface area contributed by atoms with Gasteiger partial charge in [0.2, 0.25) is 0 Å². The Bertz CT molecular complexity index is 727. The lowest BCUT2D eigenvalue weighted by molar-refractivity contribution is -0.117. The first-order valence-corrected chi connectivity index (χ1v) is 7.18. The number of nitriles is 1. The van der Waals surface area contributed by atoms with Crippen LogP contribution < -0.4 is 10.1 Å². The highest BCUT2D eigenvalue weighted by atomic mass is 79.9. The summed E-state index contributed by atoms with van der Waals surface area (Å²) in [4.78, 5) is 12.0. The van der Waals surface area contributed by atoms with E-state index in [4.69, 9.17) is 14.4 Å². The number of methoxy groups -OCH3 is 1. The summed E-state index contributed by atoms with van der Waals surface area (Å²) >= 11 is 3.24. The second kappa shape index (κ2) is 7.48. The Morgan fingerprint density at radius 2 is 2.18 bits per heavy atom. The highest BCUT2D eigenvalue weighted by Crippen LogP contribution is 2.17. The smallest absolute Gasteiger partial charge is 0.262 e. The van der Waals surface area contributed by atoms with Gasteiger partial charge < -0.3 is 14.5 Å². The third-order valence-electron chi connectivity index (χ3n) is 2.85. The third kappa shape index (κ3) is 4.24. The molecular formula is C16H13BrN2O3. The molecule has 112 valence electrons. The molecule has 1 heterocycles. The maximum atomic E-state index is 12.0. The number of halogens is 1. The standard InChI is InChI=1S/C16H13BrN2O3/c1-21-14-4-2-11(3-5-14)9-19-16(20)12(8-18)6-15-7-13(17)10-22-15/h2-7,10H,9H2,1H3,(H,19,20)/b12-6+. The van der Waals surface area contributed by atoms with Crippen LogP contribution in [0.3, 0.4) is 0 Å². The topological polar surface area (TPSA) is 75.3 Å². The SMILES string of the molecule is COc1ccc(CNC(=O)/C(C#N)=C/c2cc(Br)co2)cc1. The molecule has 0 aliphatic rings. The van der Waals surface area contributed by atoms with Gasteiger partial charge in [-0.05, 0) is 39.7 Å². The Morgan fingerprint density at radius 3 is 2.73 bits per heavy atom. The molecule has 1 amide bonds. The van der Waals surface area contributed by atoms with Gasteiger partial charge in [-0.15, -0.1) is 0 Å². The van der Waals surface area contributed by atoms with Gasteiger partial charge in [0.25, 0.3) is 5.91 Å². The number of benzene rings is 1. The van der Waals surface area contributed by atoms with E-state index in [1.807, 2.05) is 30.3 Å². The Kier molecular flexibility index (Phi) is 5.39. The molecule has 0 aliphatic carbocycles. The highest BCUT2D eigenvalue weighted by molar-refractivity contribution is 9.10. The number of hydrogen-bond acceptors (Lipinski definition) is 4. The van der Waals surface area contributed by atoms with E-state index in [0.29, 0.717) is 12.3 Å². The summed E-state index contributed by atoms with van der Waals surface area (Å²) in [6.45, 7) is 0.323. The van der Waals surface area contributed by atoms with Crippen LogP contribution in [-0.2, 0) is 11.3 Å². The molecule has 1 aromatic heterocycles. The summed E-state index contributed by atoms with van der Waals surface area (Å²) in [5, 5.41) is 11.8. The lowest BCUT2D eigenvalue weighted by Crippen LogP contribution is -2.23. The number of hydrogen-bond donors (Lipinski definition) is 1. The van der Waals surface area contributed by atoms with Gasteiger partial charge in [0.15, 0.2) is 0 Å². The first-order valence-electron chi connectivity index (χ1n) is 6.39. The molecule has 6 heteroatoms. The van der Waals surface area contributed by atoms with Crippen molar-refractivity contribution in [1.29, 1.82) is 5.26 Å². The Balaban J connectivity index is 2.00. The average molecular weight is 361 g/mol. The molecule has 0 saturated heterocycles. The van der Waals surface area contributed by atoms with Gasteiger partial charge >= 0.3 is 0 Å². The van der Waals surface area contributed by atoms with E-state index < -0.39 is 5.91 Å². The number of rotatable bonds is 5. The van der Waals surface area contributed by atoms with Crippen LogP contribution in [0.15, 0.2) is 51.1 Å². The molecule has 0 bridgehead atoms. The van der Waals surface area contributed by atoms with E-state index in [2.05, 4.69) is 21.2 Å². The maximum absolute atomic E-state index is 12.0. The van der Waals surface area contributed by atoms with Crippen LogP contribution >= 0.6 is 15.9 Å². The lowest BCUT2D eigenvalue weighted by Gasteiger charge is -2.05. The van der Waals surface area contributed by atoms with Crippen molar-refractivity contribution in [1.82, 2.24) is 5.32 Å². The monoisotopic (exact) mass is 360 g/mol. The van der Waals surface area contributed by atoms with Gasteiger partial charge in [-0.2, -0.15) is 5.26 Å². The van der Waals surface area contributed by atoms with Crippen LogP contribution in [0.25, 0.3) is 6.08 Å². The van der Waals surface area contributed by atoms with Crippen molar-refractivity contribution in [3.63, 3.8) is 0 Å². The van der Waals surface area contributed by atoms with Gasteiger partial charge in [0.1, 0.15) is 29.4 Å². The normalized spacial score (nSPS) is 10.9. The fraction of sp³-hybridized carbons (Fsp3) is 0.125. The number of carbonyl (C=O) groups excluding carboxylic acids is 1. The molecule has 2 aromatic rings. The summed E-state index contributed by atoms with van der Waals surface area (Å²) in [7, 11) is 1.59. The second-order valence-corrected chi connectivity index (χ2v) is 5.28. The minimum absolute atomic E-state index is 0.0182. The molecule has 22 heavy (non-hydrogen) atoms. The van der Waals surface area contributed by atoms with Crippen molar-refractivity contribution in [2.75, 3.05) is 7.11 Å². The van der Waals surface area contributed by atoms with Gasteiger partial charge in [0, 0.05) is 12.6 Å². The molecule has 2 rings (SSSR count). The quantitative estimate of drug-likeness (QED) is 0.655. The van der Waals surface area contributed by atoms with Crippen molar-refractivity contribution in [2.24, 2.45) is 0 Å². The van der Waals surface area contributed by atoms with E-state index in [0.717, 1.165) is 15.8 Å². The molecular weight excluding hydrogens is 348 g/mol. The van der Waals surface area contributed by atoms with Crippen LogP contribution in [0, 0.1) is 11.3 Å². The maximum Gasteiger partial charge on any atom is 0.262 e. The first-order chi connectivity index (χ1) is 10.6. The fourth-order valence-electron chi connectivity index (χ4n) is 1.72. The minimum Gasteiger partial charge on any atom is -0.497 e. The first kappa shape index (κ1) is 15.9. The molecule has 0 fully saturated rings. The summed E-state index contributed by atoms with van der Waals surface area (Å²) in [5.74, 6) is 0.727. The summed E-state index contributed by atoms with van der Waals surface area (Å²) in [5.41, 5.74) is 0.891. The van der Waals surface area contributed by atoms with E-state index in [-0.39, 0.29) is 5.57 Å². The van der Waals surface area contributed by atoms with E-state index in [1.165, 1.54) is 12.3 Å². The number of ether oxygens (including phenoxy) is 1. The number of nitrogens with zero attached hydrogens (tertiary/aromatic N) is 1. The van der Waals surface area contributed by atoms with E-state index in [1.54, 1.807) is 13.2 Å². The van der Waals surface area contributed by atoms with Crippen molar-refractivity contribution >= 4 is 27.9 Å². The fourth-order valence-corrected chi connectivity index (χ4v) is 2.03. The zero-order valence-electron chi connectivity index (χ0n) is 11.8. The molecule has 0 saturated carbocycles. The lowest BCUT2D eigenvalue weighted by atomic mass is 10.2. The van der Waals surface area contributed by atoms with E-state index in [9.17, 15) is 4.79 Å².